The molecule has 0 saturated carbocycles. The summed E-state index contributed by atoms with van der Waals surface area (Å²) in [5.41, 5.74) is -0.0379. The van der Waals surface area contributed by atoms with E-state index in [9.17, 15) is 9.59 Å². The molecule has 0 aliphatic carbocycles. The van der Waals surface area contributed by atoms with E-state index in [1.807, 2.05) is 0 Å². The molecule has 0 spiro atoms. The average molecular weight is 196 g/mol. The molecule has 3 N–H and O–H groups in total. The molecule has 5 heteroatoms. The van der Waals surface area contributed by atoms with Gasteiger partial charge in [0.15, 0.2) is 0 Å². The molecule has 0 aliphatic heterocycles. The molecule has 0 saturated heterocycles. The van der Waals surface area contributed by atoms with Gasteiger partial charge in [-0.2, -0.15) is 0 Å². The van der Waals surface area contributed by atoms with Crippen LogP contribution in [0.4, 0.5) is 0 Å². The van der Waals surface area contributed by atoms with Crippen molar-refractivity contribution in [3.05, 3.63) is 34.2 Å². The Morgan fingerprint density at radius 2 is 2.43 bits per heavy atom. The highest BCUT2D eigenvalue weighted by Gasteiger charge is 2.05. The van der Waals surface area contributed by atoms with Gasteiger partial charge in [-0.05, 0) is 13.0 Å². The third-order valence-electron chi connectivity index (χ3n) is 1.60. The maximum absolute atomic E-state index is 11.3. The summed E-state index contributed by atoms with van der Waals surface area (Å²) in [6, 6.07) is 2.70. The second kappa shape index (κ2) is 4.57. The van der Waals surface area contributed by atoms with Crippen LogP contribution in [0.2, 0.25) is 0 Å². The predicted octanol–water partition coefficient (Wildman–Crippen LogP) is -0.514. The summed E-state index contributed by atoms with van der Waals surface area (Å²) < 4.78 is 0. The fraction of sp³-hybridized carbons (Fsp3) is 0.333. The molecule has 1 unspecified atom stereocenters. The Morgan fingerprint density at radius 3 is 3.00 bits per heavy atom. The number of aromatic nitrogens is 1. The van der Waals surface area contributed by atoms with Crippen LogP contribution < -0.4 is 10.9 Å². The van der Waals surface area contributed by atoms with Crippen molar-refractivity contribution < 1.29 is 9.90 Å². The minimum Gasteiger partial charge on any atom is -0.392 e. The van der Waals surface area contributed by atoms with E-state index >= 15 is 0 Å². The first-order chi connectivity index (χ1) is 6.59. The SMILES string of the molecule is CC(O)CNC(=O)c1cc[nH]c(=O)c1. The van der Waals surface area contributed by atoms with Crippen LogP contribution in [-0.4, -0.2) is 28.6 Å². The zero-order valence-electron chi connectivity index (χ0n) is 7.78. The molecule has 0 bridgehead atoms. The van der Waals surface area contributed by atoms with E-state index in [-0.39, 0.29) is 23.6 Å². The van der Waals surface area contributed by atoms with Crippen LogP contribution >= 0.6 is 0 Å². The van der Waals surface area contributed by atoms with Crippen LogP contribution in [0.5, 0.6) is 0 Å². The number of amides is 1. The monoisotopic (exact) mass is 196 g/mol. The fourth-order valence-electron chi connectivity index (χ4n) is 0.928. The van der Waals surface area contributed by atoms with Gasteiger partial charge in [0, 0.05) is 24.4 Å². The van der Waals surface area contributed by atoms with Crippen LogP contribution in [-0.2, 0) is 0 Å². The Labute approximate surface area is 80.8 Å². The number of aliphatic hydroxyl groups excluding tert-OH is 1. The maximum atomic E-state index is 11.3. The first-order valence-corrected chi connectivity index (χ1v) is 4.24. The zero-order valence-corrected chi connectivity index (χ0v) is 7.78. The average Bonchev–Trinajstić information content (AvgIpc) is 2.14. The fourth-order valence-corrected chi connectivity index (χ4v) is 0.928. The number of nitrogens with one attached hydrogen (secondary N) is 2. The van der Waals surface area contributed by atoms with E-state index < -0.39 is 6.10 Å². The molecule has 5 nitrogen and oxygen atoms in total. The number of aromatic amines is 1. The van der Waals surface area contributed by atoms with Crippen LogP contribution in [0.1, 0.15) is 17.3 Å². The predicted molar refractivity (Wildman–Crippen MR) is 51.1 cm³/mol. The van der Waals surface area contributed by atoms with E-state index in [4.69, 9.17) is 5.11 Å². The van der Waals surface area contributed by atoms with Gasteiger partial charge in [0.2, 0.25) is 5.56 Å². The standard InChI is InChI=1S/C9H12N2O3/c1-6(12)5-11-9(14)7-2-3-10-8(13)4-7/h2-4,6,12H,5H2,1H3,(H,10,13)(H,11,14). The van der Waals surface area contributed by atoms with Gasteiger partial charge in [-0.1, -0.05) is 0 Å². The first kappa shape index (κ1) is 10.5. The van der Waals surface area contributed by atoms with Crippen LogP contribution in [0.25, 0.3) is 0 Å². The Kier molecular flexibility index (Phi) is 3.41. The molecule has 1 atom stereocenters. The van der Waals surface area contributed by atoms with Gasteiger partial charge in [0.1, 0.15) is 0 Å². The normalized spacial score (nSPS) is 12.1. The Morgan fingerprint density at radius 1 is 1.71 bits per heavy atom. The van der Waals surface area contributed by atoms with E-state index in [1.165, 1.54) is 18.3 Å². The van der Waals surface area contributed by atoms with Gasteiger partial charge in [-0.3, -0.25) is 9.59 Å². The molecule has 0 fully saturated rings. The molecule has 1 amide bonds. The Hall–Kier alpha value is -1.62. The lowest BCUT2D eigenvalue weighted by atomic mass is 10.2. The van der Waals surface area contributed by atoms with Crippen molar-refractivity contribution in [1.29, 1.82) is 0 Å². The Bertz CT molecular complexity index is 370. The molecule has 1 heterocycles. The van der Waals surface area contributed by atoms with Crippen molar-refractivity contribution >= 4 is 5.91 Å². The van der Waals surface area contributed by atoms with Crippen molar-refractivity contribution in [2.75, 3.05) is 6.54 Å². The lowest BCUT2D eigenvalue weighted by Crippen LogP contribution is -2.31. The molecule has 76 valence electrons. The lowest BCUT2D eigenvalue weighted by molar-refractivity contribution is 0.0924. The van der Waals surface area contributed by atoms with Crippen molar-refractivity contribution in [3.63, 3.8) is 0 Å². The highest BCUT2D eigenvalue weighted by Crippen LogP contribution is 1.92. The van der Waals surface area contributed by atoms with Gasteiger partial charge in [0.05, 0.1) is 6.10 Å². The number of pyridine rings is 1. The van der Waals surface area contributed by atoms with Gasteiger partial charge in [0.25, 0.3) is 5.91 Å². The summed E-state index contributed by atoms with van der Waals surface area (Å²) in [6.07, 6.45) is 0.806. The highest BCUT2D eigenvalue weighted by atomic mass is 16.3. The van der Waals surface area contributed by atoms with Crippen LogP contribution in [0.3, 0.4) is 0 Å². The number of H-pyrrole nitrogens is 1. The van der Waals surface area contributed by atoms with E-state index in [0.717, 1.165) is 0 Å². The van der Waals surface area contributed by atoms with E-state index in [1.54, 1.807) is 6.92 Å². The Balaban J connectivity index is 2.65. The van der Waals surface area contributed by atoms with Crippen molar-refractivity contribution in [2.24, 2.45) is 0 Å². The largest absolute Gasteiger partial charge is 0.392 e. The van der Waals surface area contributed by atoms with E-state index in [0.29, 0.717) is 0 Å². The van der Waals surface area contributed by atoms with Crippen LogP contribution in [0, 0.1) is 0 Å². The summed E-state index contributed by atoms with van der Waals surface area (Å²) in [5.74, 6) is -0.364. The van der Waals surface area contributed by atoms with Crippen LogP contribution in [0.15, 0.2) is 23.1 Å². The van der Waals surface area contributed by atoms with Crippen molar-refractivity contribution in [1.82, 2.24) is 10.3 Å². The third-order valence-corrected chi connectivity index (χ3v) is 1.60. The van der Waals surface area contributed by atoms with Crippen molar-refractivity contribution in [3.8, 4) is 0 Å². The molecule has 0 aliphatic rings. The molecule has 0 radical (unpaired) electrons. The third kappa shape index (κ3) is 3.02. The van der Waals surface area contributed by atoms with Gasteiger partial charge < -0.3 is 15.4 Å². The minimum atomic E-state index is -0.596. The highest BCUT2D eigenvalue weighted by molar-refractivity contribution is 5.93. The number of carbonyl (C=O) groups excluding carboxylic acids is 1. The van der Waals surface area contributed by atoms with Gasteiger partial charge in [-0.25, -0.2) is 0 Å². The summed E-state index contributed by atoms with van der Waals surface area (Å²) in [4.78, 5) is 24.6. The van der Waals surface area contributed by atoms with Gasteiger partial charge in [-0.15, -0.1) is 0 Å². The number of aliphatic hydroxyl groups is 1. The smallest absolute Gasteiger partial charge is 0.251 e. The van der Waals surface area contributed by atoms with Crippen molar-refractivity contribution in [2.45, 2.75) is 13.0 Å². The summed E-state index contributed by atoms with van der Waals surface area (Å²) in [7, 11) is 0. The van der Waals surface area contributed by atoms with E-state index in [2.05, 4.69) is 10.3 Å². The zero-order chi connectivity index (χ0) is 10.6. The quantitative estimate of drug-likeness (QED) is 0.608. The van der Waals surface area contributed by atoms with Gasteiger partial charge >= 0.3 is 0 Å². The summed E-state index contributed by atoms with van der Waals surface area (Å²) in [6.45, 7) is 1.74. The first-order valence-electron chi connectivity index (χ1n) is 4.24. The topological polar surface area (TPSA) is 82.2 Å². The molecule has 1 aromatic rings. The molecular weight excluding hydrogens is 184 g/mol. The molecule has 14 heavy (non-hydrogen) atoms. The number of carbonyl (C=O) groups is 1. The second-order valence-corrected chi connectivity index (χ2v) is 3.00. The maximum Gasteiger partial charge on any atom is 0.251 e. The number of rotatable bonds is 3. The minimum absolute atomic E-state index is 0.172. The number of hydrogen-bond donors (Lipinski definition) is 3. The second-order valence-electron chi connectivity index (χ2n) is 3.00. The molecule has 0 aromatic carbocycles. The lowest BCUT2D eigenvalue weighted by Gasteiger charge is -2.06. The summed E-state index contributed by atoms with van der Waals surface area (Å²) in [5, 5.41) is 11.4. The summed E-state index contributed by atoms with van der Waals surface area (Å²) >= 11 is 0. The molecular formula is C9H12N2O3. The number of hydrogen-bond acceptors (Lipinski definition) is 3. The molecule has 1 rings (SSSR count). The molecule has 1 aromatic heterocycles.